The highest BCUT2D eigenvalue weighted by Crippen LogP contribution is 2.35. The van der Waals surface area contributed by atoms with Gasteiger partial charge < -0.3 is 10.1 Å². The van der Waals surface area contributed by atoms with Gasteiger partial charge in [0.1, 0.15) is 5.75 Å². The first kappa shape index (κ1) is 17.5. The van der Waals surface area contributed by atoms with Gasteiger partial charge in [0.15, 0.2) is 6.10 Å². The standard InChI is InChI=1S/C22H27NO2/c1-2-20(25-19-15-7-4-8-16-19)22(24)23-21(18-13-9-10-14-18)17-11-5-3-6-12-17/h3-8,11-12,15-16,18,20-21H,2,9-10,13-14H2,1H3,(H,23,24)/t20-,21+/m0/s1. The van der Waals surface area contributed by atoms with Crippen molar-refractivity contribution < 1.29 is 9.53 Å². The smallest absolute Gasteiger partial charge is 0.261 e. The number of hydrogen-bond acceptors (Lipinski definition) is 2. The lowest BCUT2D eigenvalue weighted by atomic mass is 9.91. The van der Waals surface area contributed by atoms with Gasteiger partial charge in [-0.1, -0.05) is 68.3 Å². The monoisotopic (exact) mass is 337 g/mol. The molecule has 0 radical (unpaired) electrons. The Labute approximate surface area is 150 Å². The van der Waals surface area contributed by atoms with E-state index in [4.69, 9.17) is 4.74 Å². The Kier molecular flexibility index (Phi) is 6.10. The average Bonchev–Trinajstić information content (AvgIpc) is 3.20. The summed E-state index contributed by atoms with van der Waals surface area (Å²) in [6.45, 7) is 1.99. The SMILES string of the molecule is CC[C@H](Oc1ccccc1)C(=O)N[C@H](c1ccccc1)C1CCCC1. The lowest BCUT2D eigenvalue weighted by Gasteiger charge is -2.27. The van der Waals surface area contributed by atoms with Crippen molar-refractivity contribution in [1.82, 2.24) is 5.32 Å². The number of amides is 1. The van der Waals surface area contributed by atoms with Gasteiger partial charge in [0, 0.05) is 0 Å². The van der Waals surface area contributed by atoms with E-state index in [2.05, 4.69) is 17.4 Å². The Morgan fingerprint density at radius 3 is 2.24 bits per heavy atom. The fourth-order valence-electron chi connectivity index (χ4n) is 3.66. The van der Waals surface area contributed by atoms with Crippen molar-refractivity contribution in [2.24, 2.45) is 5.92 Å². The van der Waals surface area contributed by atoms with Crippen LogP contribution < -0.4 is 10.1 Å². The summed E-state index contributed by atoms with van der Waals surface area (Å²) in [7, 11) is 0. The molecule has 2 aromatic rings. The van der Waals surface area contributed by atoms with Crippen molar-refractivity contribution in [3.8, 4) is 5.75 Å². The zero-order valence-electron chi connectivity index (χ0n) is 14.9. The fraction of sp³-hybridized carbons (Fsp3) is 0.409. The molecule has 0 aliphatic heterocycles. The molecule has 0 aromatic heterocycles. The summed E-state index contributed by atoms with van der Waals surface area (Å²) in [5.74, 6) is 1.23. The Bertz CT molecular complexity index is 650. The van der Waals surface area contributed by atoms with Gasteiger partial charge in [0.2, 0.25) is 0 Å². The van der Waals surface area contributed by atoms with Crippen LogP contribution >= 0.6 is 0 Å². The van der Waals surface area contributed by atoms with Crippen molar-refractivity contribution in [2.45, 2.75) is 51.2 Å². The van der Waals surface area contributed by atoms with Gasteiger partial charge in [-0.05, 0) is 42.9 Å². The normalized spacial score (nSPS) is 17.0. The molecular weight excluding hydrogens is 310 g/mol. The minimum Gasteiger partial charge on any atom is -0.481 e. The molecule has 132 valence electrons. The summed E-state index contributed by atoms with van der Waals surface area (Å²) in [5, 5.41) is 3.28. The summed E-state index contributed by atoms with van der Waals surface area (Å²) in [4.78, 5) is 12.9. The maximum Gasteiger partial charge on any atom is 0.261 e. The van der Waals surface area contributed by atoms with E-state index in [-0.39, 0.29) is 11.9 Å². The third kappa shape index (κ3) is 4.62. The molecule has 0 heterocycles. The van der Waals surface area contributed by atoms with Crippen molar-refractivity contribution >= 4 is 5.91 Å². The van der Waals surface area contributed by atoms with Crippen LogP contribution in [0.2, 0.25) is 0 Å². The number of carbonyl (C=O) groups is 1. The van der Waals surface area contributed by atoms with Gasteiger partial charge in [0.25, 0.3) is 5.91 Å². The molecule has 3 rings (SSSR count). The van der Waals surface area contributed by atoms with Gasteiger partial charge in [-0.3, -0.25) is 4.79 Å². The lowest BCUT2D eigenvalue weighted by Crippen LogP contribution is -2.42. The van der Waals surface area contributed by atoms with Gasteiger partial charge >= 0.3 is 0 Å². The molecule has 1 fully saturated rings. The topological polar surface area (TPSA) is 38.3 Å². The Morgan fingerprint density at radius 1 is 1.04 bits per heavy atom. The second-order valence-corrected chi connectivity index (χ2v) is 6.77. The second kappa shape index (κ2) is 8.70. The van der Waals surface area contributed by atoms with Crippen molar-refractivity contribution in [3.05, 3.63) is 66.2 Å². The van der Waals surface area contributed by atoms with E-state index >= 15 is 0 Å². The maximum atomic E-state index is 12.9. The van der Waals surface area contributed by atoms with Gasteiger partial charge in [0.05, 0.1) is 6.04 Å². The van der Waals surface area contributed by atoms with Crippen LogP contribution in [0.25, 0.3) is 0 Å². The molecule has 3 heteroatoms. The molecule has 2 atom stereocenters. The van der Waals surface area contributed by atoms with Crippen LogP contribution in [0.3, 0.4) is 0 Å². The minimum atomic E-state index is -0.463. The minimum absolute atomic E-state index is 0.0212. The molecule has 1 aliphatic carbocycles. The molecule has 25 heavy (non-hydrogen) atoms. The third-order valence-corrected chi connectivity index (χ3v) is 5.01. The number of benzene rings is 2. The molecule has 1 saturated carbocycles. The molecular formula is C22H27NO2. The number of rotatable bonds is 7. The number of carbonyl (C=O) groups excluding carboxylic acids is 1. The van der Waals surface area contributed by atoms with E-state index in [0.717, 1.165) is 5.75 Å². The Morgan fingerprint density at radius 2 is 1.64 bits per heavy atom. The van der Waals surface area contributed by atoms with Gasteiger partial charge in [-0.25, -0.2) is 0 Å². The molecule has 0 saturated heterocycles. The Balaban J connectivity index is 1.72. The molecule has 2 aromatic carbocycles. The van der Waals surface area contributed by atoms with E-state index in [1.54, 1.807) is 0 Å². The highest BCUT2D eigenvalue weighted by molar-refractivity contribution is 5.81. The average molecular weight is 337 g/mol. The van der Waals surface area contributed by atoms with Crippen LogP contribution in [-0.4, -0.2) is 12.0 Å². The van der Waals surface area contributed by atoms with E-state index in [9.17, 15) is 4.79 Å². The van der Waals surface area contributed by atoms with Crippen LogP contribution in [0.1, 0.15) is 50.6 Å². The largest absolute Gasteiger partial charge is 0.481 e. The summed E-state index contributed by atoms with van der Waals surface area (Å²) in [6.07, 6.45) is 5.04. The van der Waals surface area contributed by atoms with Gasteiger partial charge in [-0.2, -0.15) is 0 Å². The zero-order valence-corrected chi connectivity index (χ0v) is 14.9. The lowest BCUT2D eigenvalue weighted by molar-refractivity contribution is -0.129. The van der Waals surface area contributed by atoms with Crippen LogP contribution in [-0.2, 0) is 4.79 Å². The molecule has 1 N–H and O–H groups in total. The van der Waals surface area contributed by atoms with Gasteiger partial charge in [-0.15, -0.1) is 0 Å². The van der Waals surface area contributed by atoms with E-state index in [1.165, 1.54) is 31.2 Å². The summed E-state index contributed by atoms with van der Waals surface area (Å²) in [6, 6.07) is 20.0. The summed E-state index contributed by atoms with van der Waals surface area (Å²) >= 11 is 0. The summed E-state index contributed by atoms with van der Waals surface area (Å²) < 4.78 is 5.91. The quantitative estimate of drug-likeness (QED) is 0.781. The molecule has 1 amide bonds. The van der Waals surface area contributed by atoms with E-state index < -0.39 is 6.10 Å². The van der Waals surface area contributed by atoms with Crippen LogP contribution in [0.15, 0.2) is 60.7 Å². The van der Waals surface area contributed by atoms with E-state index in [0.29, 0.717) is 12.3 Å². The van der Waals surface area contributed by atoms with Crippen molar-refractivity contribution in [1.29, 1.82) is 0 Å². The third-order valence-electron chi connectivity index (χ3n) is 5.01. The molecule has 0 unspecified atom stereocenters. The first-order valence-corrected chi connectivity index (χ1v) is 9.35. The highest BCUT2D eigenvalue weighted by atomic mass is 16.5. The first-order valence-electron chi connectivity index (χ1n) is 9.35. The number of para-hydroxylation sites is 1. The molecule has 0 spiro atoms. The Hall–Kier alpha value is -2.29. The van der Waals surface area contributed by atoms with Crippen LogP contribution in [0.5, 0.6) is 5.75 Å². The zero-order chi connectivity index (χ0) is 17.5. The molecule has 3 nitrogen and oxygen atoms in total. The van der Waals surface area contributed by atoms with E-state index in [1.807, 2.05) is 55.5 Å². The first-order chi connectivity index (χ1) is 12.3. The van der Waals surface area contributed by atoms with Crippen molar-refractivity contribution in [2.75, 3.05) is 0 Å². The molecule has 1 aliphatic rings. The van der Waals surface area contributed by atoms with Crippen LogP contribution in [0.4, 0.5) is 0 Å². The van der Waals surface area contributed by atoms with Crippen LogP contribution in [0, 0.1) is 5.92 Å². The summed E-state index contributed by atoms with van der Waals surface area (Å²) in [5.41, 5.74) is 1.19. The number of ether oxygens (including phenoxy) is 1. The second-order valence-electron chi connectivity index (χ2n) is 6.77. The maximum absolute atomic E-state index is 12.9. The number of hydrogen-bond donors (Lipinski definition) is 1. The predicted octanol–water partition coefficient (Wildman–Crippen LogP) is 4.89. The predicted molar refractivity (Wildman–Crippen MR) is 100 cm³/mol. The van der Waals surface area contributed by atoms with Crippen molar-refractivity contribution in [3.63, 3.8) is 0 Å². The fourth-order valence-corrected chi connectivity index (χ4v) is 3.66. The molecule has 0 bridgehead atoms. The highest BCUT2D eigenvalue weighted by Gasteiger charge is 2.30. The number of nitrogens with one attached hydrogen (secondary N) is 1.